The van der Waals surface area contributed by atoms with Crippen LogP contribution in [0.3, 0.4) is 0 Å². The van der Waals surface area contributed by atoms with Crippen LogP contribution in [-0.2, 0) is 0 Å². The number of phenolic OH excluding ortho intramolecular Hbond substituents is 1. The van der Waals surface area contributed by atoms with Gasteiger partial charge in [0.25, 0.3) is 5.89 Å². The van der Waals surface area contributed by atoms with Gasteiger partial charge in [-0.1, -0.05) is 28.9 Å². The molecule has 0 aliphatic heterocycles. The maximum absolute atomic E-state index is 13.2. The topological polar surface area (TPSA) is 59.2 Å². The van der Waals surface area contributed by atoms with Gasteiger partial charge >= 0.3 is 0 Å². The van der Waals surface area contributed by atoms with Crippen LogP contribution in [-0.4, -0.2) is 15.2 Å². The Morgan fingerprint density at radius 3 is 2.80 bits per heavy atom. The molecule has 4 nitrogen and oxygen atoms in total. The third kappa shape index (κ3) is 2.35. The minimum Gasteiger partial charge on any atom is -0.507 e. The number of hydrogen-bond acceptors (Lipinski definition) is 4. The first-order valence-corrected chi connectivity index (χ1v) is 6.10. The smallest absolute Gasteiger partial charge is 0.262 e. The molecule has 1 aromatic heterocycles. The molecule has 3 rings (SSSR count). The van der Waals surface area contributed by atoms with Crippen molar-refractivity contribution >= 4 is 11.6 Å². The van der Waals surface area contributed by atoms with Crippen molar-refractivity contribution in [3.05, 3.63) is 53.3 Å². The zero-order valence-corrected chi connectivity index (χ0v) is 10.8. The van der Waals surface area contributed by atoms with E-state index >= 15 is 0 Å². The molecule has 0 spiro atoms. The van der Waals surface area contributed by atoms with Gasteiger partial charge in [0, 0.05) is 10.6 Å². The summed E-state index contributed by atoms with van der Waals surface area (Å²) in [5, 5.41) is 14.0. The Morgan fingerprint density at radius 2 is 2.00 bits per heavy atom. The summed E-state index contributed by atoms with van der Waals surface area (Å²) in [7, 11) is 0. The molecule has 0 aliphatic carbocycles. The van der Waals surface area contributed by atoms with E-state index in [4.69, 9.17) is 16.1 Å². The first kappa shape index (κ1) is 12.6. The van der Waals surface area contributed by atoms with Crippen molar-refractivity contribution in [2.24, 2.45) is 0 Å². The Bertz CT molecular complexity index is 773. The van der Waals surface area contributed by atoms with Crippen molar-refractivity contribution in [3.63, 3.8) is 0 Å². The van der Waals surface area contributed by atoms with Crippen molar-refractivity contribution < 1.29 is 14.0 Å². The average molecular weight is 291 g/mol. The summed E-state index contributed by atoms with van der Waals surface area (Å²) in [5.41, 5.74) is 0.814. The molecule has 0 radical (unpaired) electrons. The van der Waals surface area contributed by atoms with Gasteiger partial charge in [-0.15, -0.1) is 0 Å². The van der Waals surface area contributed by atoms with Crippen LogP contribution in [0.4, 0.5) is 4.39 Å². The van der Waals surface area contributed by atoms with Crippen LogP contribution in [0.1, 0.15) is 0 Å². The van der Waals surface area contributed by atoms with E-state index < -0.39 is 0 Å². The predicted molar refractivity (Wildman–Crippen MR) is 71.8 cm³/mol. The van der Waals surface area contributed by atoms with Gasteiger partial charge in [-0.2, -0.15) is 4.98 Å². The van der Waals surface area contributed by atoms with Gasteiger partial charge in [-0.3, -0.25) is 0 Å². The van der Waals surface area contributed by atoms with Crippen LogP contribution < -0.4 is 0 Å². The highest BCUT2D eigenvalue weighted by Gasteiger charge is 2.14. The first-order chi connectivity index (χ1) is 9.63. The summed E-state index contributed by atoms with van der Waals surface area (Å²) in [6.45, 7) is 0. The molecule has 0 saturated carbocycles. The number of nitrogens with zero attached hydrogens (tertiary/aromatic N) is 2. The molecule has 0 fully saturated rings. The van der Waals surface area contributed by atoms with Crippen LogP contribution in [0, 0.1) is 5.82 Å². The second-order valence-electron chi connectivity index (χ2n) is 4.09. The molecular weight excluding hydrogens is 283 g/mol. The molecule has 0 atom stereocenters. The molecule has 3 aromatic rings. The standard InChI is InChI=1S/C14H8ClFN2O2/c15-9-4-5-12(19)11(7-9)14-17-13(18-20-14)8-2-1-3-10(16)6-8/h1-7,19H. The molecule has 2 aromatic carbocycles. The van der Waals surface area contributed by atoms with E-state index in [1.807, 2.05) is 0 Å². The van der Waals surface area contributed by atoms with Crippen LogP contribution in [0.2, 0.25) is 5.02 Å². The third-order valence-electron chi connectivity index (χ3n) is 2.70. The summed E-state index contributed by atoms with van der Waals surface area (Å²) in [4.78, 5) is 4.13. The van der Waals surface area contributed by atoms with Crippen molar-refractivity contribution in [1.82, 2.24) is 10.1 Å². The molecule has 1 N–H and O–H groups in total. The molecular formula is C14H8ClFN2O2. The van der Waals surface area contributed by atoms with Gasteiger partial charge < -0.3 is 9.63 Å². The fraction of sp³-hybridized carbons (Fsp3) is 0. The molecule has 100 valence electrons. The Balaban J connectivity index is 2.04. The lowest BCUT2D eigenvalue weighted by Gasteiger charge is -1.99. The number of benzene rings is 2. The zero-order chi connectivity index (χ0) is 14.1. The number of hydrogen-bond donors (Lipinski definition) is 1. The van der Waals surface area contributed by atoms with Crippen molar-refractivity contribution in [2.75, 3.05) is 0 Å². The van der Waals surface area contributed by atoms with E-state index in [0.29, 0.717) is 16.1 Å². The maximum Gasteiger partial charge on any atom is 0.262 e. The van der Waals surface area contributed by atoms with Gasteiger partial charge in [-0.25, -0.2) is 4.39 Å². The van der Waals surface area contributed by atoms with E-state index in [1.54, 1.807) is 18.2 Å². The normalized spacial score (nSPS) is 10.7. The summed E-state index contributed by atoms with van der Waals surface area (Å²) >= 11 is 5.86. The van der Waals surface area contributed by atoms with E-state index in [-0.39, 0.29) is 23.3 Å². The highest BCUT2D eigenvalue weighted by Crippen LogP contribution is 2.31. The zero-order valence-electron chi connectivity index (χ0n) is 10.0. The van der Waals surface area contributed by atoms with Gasteiger partial charge in [0.15, 0.2) is 0 Å². The number of aromatic nitrogens is 2. The number of rotatable bonds is 2. The molecule has 0 amide bonds. The first-order valence-electron chi connectivity index (χ1n) is 5.72. The molecule has 20 heavy (non-hydrogen) atoms. The van der Waals surface area contributed by atoms with Crippen LogP contribution in [0.25, 0.3) is 22.8 Å². The summed E-state index contributed by atoms with van der Waals surface area (Å²) in [6, 6.07) is 10.3. The van der Waals surface area contributed by atoms with Crippen LogP contribution in [0.15, 0.2) is 47.0 Å². The van der Waals surface area contributed by atoms with E-state index in [0.717, 1.165) is 0 Å². The quantitative estimate of drug-likeness (QED) is 0.777. The second kappa shape index (κ2) is 4.94. The number of halogens is 2. The minimum atomic E-state index is -0.389. The van der Waals surface area contributed by atoms with Crippen molar-refractivity contribution in [3.8, 4) is 28.6 Å². The summed E-state index contributed by atoms with van der Waals surface area (Å²) in [5.74, 6) is -0.0635. The van der Waals surface area contributed by atoms with E-state index in [2.05, 4.69) is 10.1 Å². The Kier molecular flexibility index (Phi) is 3.12. The Morgan fingerprint density at radius 1 is 1.15 bits per heavy atom. The second-order valence-corrected chi connectivity index (χ2v) is 4.53. The predicted octanol–water partition coefficient (Wildman–Crippen LogP) is 3.90. The van der Waals surface area contributed by atoms with Gasteiger partial charge in [0.1, 0.15) is 11.6 Å². The average Bonchev–Trinajstić information content (AvgIpc) is 2.91. The summed E-state index contributed by atoms with van der Waals surface area (Å²) in [6.07, 6.45) is 0. The molecule has 0 bridgehead atoms. The van der Waals surface area contributed by atoms with Gasteiger partial charge in [0.2, 0.25) is 5.82 Å². The highest BCUT2D eigenvalue weighted by molar-refractivity contribution is 6.30. The lowest BCUT2D eigenvalue weighted by atomic mass is 10.2. The SMILES string of the molecule is Oc1ccc(Cl)cc1-c1nc(-c2cccc(F)c2)no1. The summed E-state index contributed by atoms with van der Waals surface area (Å²) < 4.78 is 18.2. The number of aromatic hydroxyl groups is 1. The largest absolute Gasteiger partial charge is 0.507 e. The van der Waals surface area contributed by atoms with E-state index in [1.165, 1.54) is 24.3 Å². The molecule has 6 heteroatoms. The lowest BCUT2D eigenvalue weighted by molar-refractivity contribution is 0.425. The Labute approximate surface area is 118 Å². The molecule has 0 aliphatic rings. The maximum atomic E-state index is 13.2. The highest BCUT2D eigenvalue weighted by atomic mass is 35.5. The van der Waals surface area contributed by atoms with Crippen molar-refractivity contribution in [2.45, 2.75) is 0 Å². The fourth-order valence-electron chi connectivity index (χ4n) is 1.76. The van der Waals surface area contributed by atoms with Crippen LogP contribution >= 0.6 is 11.6 Å². The Hall–Kier alpha value is -2.40. The molecule has 0 saturated heterocycles. The molecule has 0 unspecified atom stereocenters. The van der Waals surface area contributed by atoms with E-state index in [9.17, 15) is 9.50 Å². The third-order valence-corrected chi connectivity index (χ3v) is 2.93. The monoisotopic (exact) mass is 290 g/mol. The molecule has 1 heterocycles. The van der Waals surface area contributed by atoms with Crippen molar-refractivity contribution in [1.29, 1.82) is 0 Å². The van der Waals surface area contributed by atoms with Crippen LogP contribution in [0.5, 0.6) is 5.75 Å². The number of phenols is 1. The van der Waals surface area contributed by atoms with Gasteiger partial charge in [-0.05, 0) is 30.3 Å². The lowest BCUT2D eigenvalue weighted by Crippen LogP contribution is -1.83. The fourth-order valence-corrected chi connectivity index (χ4v) is 1.93. The minimum absolute atomic E-state index is 0.0242. The van der Waals surface area contributed by atoms with Gasteiger partial charge in [0.05, 0.1) is 5.56 Å².